The summed E-state index contributed by atoms with van der Waals surface area (Å²) in [6, 6.07) is 5.68. The van der Waals surface area contributed by atoms with Crippen LogP contribution in [-0.2, 0) is 9.59 Å². The minimum atomic E-state index is -1.11. The van der Waals surface area contributed by atoms with E-state index in [0.717, 1.165) is 22.7 Å². The molecule has 44 heavy (non-hydrogen) atoms. The Bertz CT molecular complexity index is 1630. The first-order chi connectivity index (χ1) is 20.9. The zero-order valence-corrected chi connectivity index (χ0v) is 25.7. The Hall–Kier alpha value is -4.30. The minimum Gasteiger partial charge on any atom is -0.493 e. The molecule has 0 saturated carbocycles. The van der Waals surface area contributed by atoms with Gasteiger partial charge in [-0.25, -0.2) is 8.78 Å². The third-order valence-corrected chi connectivity index (χ3v) is 9.00. The second kappa shape index (κ2) is 13.6. The first kappa shape index (κ1) is 32.6. The van der Waals surface area contributed by atoms with Crippen molar-refractivity contribution in [1.29, 1.82) is 0 Å². The lowest BCUT2D eigenvalue weighted by Crippen LogP contribution is -2.14. The second-order valence-electron chi connectivity index (χ2n) is 9.92. The van der Waals surface area contributed by atoms with E-state index in [1.807, 2.05) is 0 Å². The summed E-state index contributed by atoms with van der Waals surface area (Å²) < 4.78 is 53.6. The molecule has 2 aromatic heterocycles. The molecule has 0 aliphatic carbocycles. The highest BCUT2D eigenvalue weighted by Crippen LogP contribution is 2.42. The molecule has 0 aliphatic rings. The maximum Gasteiger partial charge on any atom is 0.306 e. The Morgan fingerprint density at radius 1 is 0.705 bits per heavy atom. The van der Waals surface area contributed by atoms with E-state index in [2.05, 4.69) is 0 Å². The summed E-state index contributed by atoms with van der Waals surface area (Å²) in [5.74, 6) is -6.86. The monoisotopic (exact) mass is 650 g/mol. The standard InChI is InChI=1S/C30H28F2O10S2/c1-13(29(35)36)7-17(33)23-9-15-21(43-23)11-19(39-3)27(25(15)31)41-5-6-42-28-20(40-4)12-22-16(26(28)32)10-24(44-22)18(34)8-14(2)30(37)38/h9-14H,5-8H2,1-4H3,(H,35,36)(H,37,38). The number of aliphatic carboxylic acids is 2. The molecule has 2 aromatic carbocycles. The van der Waals surface area contributed by atoms with Crippen molar-refractivity contribution >= 4 is 66.4 Å². The predicted molar refractivity (Wildman–Crippen MR) is 159 cm³/mol. The molecule has 2 N–H and O–H groups in total. The molecular weight excluding hydrogens is 622 g/mol. The van der Waals surface area contributed by atoms with Crippen molar-refractivity contribution in [3.8, 4) is 23.0 Å². The molecule has 0 spiro atoms. The quantitative estimate of drug-likeness (QED) is 0.109. The van der Waals surface area contributed by atoms with Crippen LogP contribution in [0.2, 0.25) is 0 Å². The summed E-state index contributed by atoms with van der Waals surface area (Å²) in [4.78, 5) is 47.7. The van der Waals surface area contributed by atoms with Gasteiger partial charge in [0, 0.05) is 45.1 Å². The van der Waals surface area contributed by atoms with E-state index in [0.29, 0.717) is 9.40 Å². The number of methoxy groups -OCH3 is 2. The van der Waals surface area contributed by atoms with Gasteiger partial charge in [-0.3, -0.25) is 19.2 Å². The fourth-order valence-electron chi connectivity index (χ4n) is 4.26. The highest BCUT2D eigenvalue weighted by atomic mass is 32.1. The molecule has 0 aliphatic heterocycles. The van der Waals surface area contributed by atoms with Gasteiger partial charge in [0.05, 0.1) is 35.8 Å². The molecule has 0 bridgehead atoms. The lowest BCUT2D eigenvalue weighted by molar-refractivity contribution is -0.141. The molecule has 0 amide bonds. The largest absolute Gasteiger partial charge is 0.493 e. The Morgan fingerprint density at radius 3 is 1.39 bits per heavy atom. The summed E-state index contributed by atoms with van der Waals surface area (Å²) in [6.07, 6.45) is -0.472. The number of hydrogen-bond donors (Lipinski definition) is 2. The topological polar surface area (TPSA) is 146 Å². The number of carbonyl (C=O) groups is 4. The van der Waals surface area contributed by atoms with Gasteiger partial charge < -0.3 is 29.2 Å². The number of ether oxygens (including phenoxy) is 4. The number of hydrogen-bond acceptors (Lipinski definition) is 10. The SMILES string of the molecule is COc1cc2sc(C(=O)CC(C)C(=O)O)cc2c(F)c1OCCOc1c(OC)cc2sc(C(=O)CC(C)C(=O)O)cc2c1F. The predicted octanol–water partition coefficient (Wildman–Crippen LogP) is 6.46. The van der Waals surface area contributed by atoms with Crippen LogP contribution in [0.1, 0.15) is 46.0 Å². The van der Waals surface area contributed by atoms with Gasteiger partial charge in [-0.05, 0) is 12.1 Å². The summed E-state index contributed by atoms with van der Waals surface area (Å²) in [5.41, 5.74) is 0. The van der Waals surface area contributed by atoms with Crippen molar-refractivity contribution in [1.82, 2.24) is 0 Å². The maximum absolute atomic E-state index is 15.5. The molecule has 10 nitrogen and oxygen atoms in total. The number of fused-ring (bicyclic) bond motifs is 2. The molecule has 2 atom stereocenters. The van der Waals surface area contributed by atoms with Crippen LogP contribution in [0.5, 0.6) is 23.0 Å². The number of benzene rings is 2. The number of carbonyl (C=O) groups excluding carboxylic acids is 2. The Balaban J connectivity index is 1.51. The fraction of sp³-hybridized carbons (Fsp3) is 0.333. The average molecular weight is 651 g/mol. The molecular formula is C30H28F2O10S2. The summed E-state index contributed by atoms with van der Waals surface area (Å²) >= 11 is 2.01. The molecule has 2 unspecified atom stereocenters. The van der Waals surface area contributed by atoms with Crippen molar-refractivity contribution in [3.63, 3.8) is 0 Å². The molecule has 234 valence electrons. The van der Waals surface area contributed by atoms with Gasteiger partial charge in [-0.1, -0.05) is 13.8 Å². The lowest BCUT2D eigenvalue weighted by Gasteiger charge is -2.14. The van der Waals surface area contributed by atoms with Crippen molar-refractivity contribution in [2.24, 2.45) is 11.8 Å². The van der Waals surface area contributed by atoms with E-state index >= 15 is 8.78 Å². The normalized spacial score (nSPS) is 12.6. The molecule has 2 heterocycles. The van der Waals surface area contributed by atoms with Crippen LogP contribution in [0.15, 0.2) is 24.3 Å². The van der Waals surface area contributed by atoms with Crippen LogP contribution in [-0.4, -0.2) is 61.2 Å². The van der Waals surface area contributed by atoms with E-state index in [9.17, 15) is 19.2 Å². The van der Waals surface area contributed by atoms with Crippen LogP contribution in [0, 0.1) is 23.5 Å². The zero-order valence-electron chi connectivity index (χ0n) is 24.0. The van der Waals surface area contributed by atoms with E-state index in [1.165, 1.54) is 52.3 Å². The van der Waals surface area contributed by atoms with E-state index in [1.54, 1.807) is 0 Å². The first-order valence-electron chi connectivity index (χ1n) is 13.2. The van der Waals surface area contributed by atoms with Gasteiger partial charge in [0.25, 0.3) is 0 Å². The third kappa shape index (κ3) is 6.76. The summed E-state index contributed by atoms with van der Waals surface area (Å²) in [7, 11) is 2.63. The maximum atomic E-state index is 15.5. The molecule has 4 aromatic rings. The Kier molecular flexibility index (Phi) is 10.0. The van der Waals surface area contributed by atoms with Gasteiger partial charge in [0.2, 0.25) is 0 Å². The molecule has 0 radical (unpaired) electrons. The number of Topliss-reactive ketones (excluding diaryl/α,β-unsaturated/α-hetero) is 2. The molecule has 0 saturated heterocycles. The number of halogens is 2. The van der Waals surface area contributed by atoms with Gasteiger partial charge in [0.1, 0.15) is 13.2 Å². The van der Waals surface area contributed by atoms with E-state index in [-0.39, 0.29) is 69.6 Å². The number of carboxylic acid groups (broad SMARTS) is 2. The van der Waals surface area contributed by atoms with Crippen molar-refractivity contribution < 1.29 is 57.1 Å². The number of carboxylic acids is 2. The Labute approximate surface area is 257 Å². The summed E-state index contributed by atoms with van der Waals surface area (Å²) in [6.45, 7) is 2.33. The smallest absolute Gasteiger partial charge is 0.306 e. The van der Waals surface area contributed by atoms with Crippen LogP contribution in [0.25, 0.3) is 20.2 Å². The highest BCUT2D eigenvalue weighted by Gasteiger charge is 2.25. The van der Waals surface area contributed by atoms with E-state index < -0.39 is 47.0 Å². The Morgan fingerprint density at radius 2 is 1.07 bits per heavy atom. The summed E-state index contributed by atoms with van der Waals surface area (Å²) in [5, 5.41) is 18.4. The van der Waals surface area contributed by atoms with Crippen molar-refractivity contribution in [2.45, 2.75) is 26.7 Å². The highest BCUT2D eigenvalue weighted by molar-refractivity contribution is 7.21. The average Bonchev–Trinajstić information content (AvgIpc) is 3.62. The van der Waals surface area contributed by atoms with Crippen molar-refractivity contribution in [2.75, 3.05) is 27.4 Å². The third-order valence-electron chi connectivity index (χ3n) is 6.76. The molecule has 14 heteroatoms. The van der Waals surface area contributed by atoms with Crippen LogP contribution in [0.3, 0.4) is 0 Å². The van der Waals surface area contributed by atoms with Gasteiger partial charge in [-0.15, -0.1) is 22.7 Å². The van der Waals surface area contributed by atoms with Gasteiger partial charge in [-0.2, -0.15) is 0 Å². The number of thiophene rings is 2. The minimum absolute atomic E-state index is 0.0487. The van der Waals surface area contributed by atoms with Gasteiger partial charge in [0.15, 0.2) is 46.2 Å². The van der Waals surface area contributed by atoms with Crippen LogP contribution in [0.4, 0.5) is 8.78 Å². The fourth-order valence-corrected chi connectivity index (χ4v) is 6.34. The molecule has 4 rings (SSSR count). The van der Waals surface area contributed by atoms with Crippen molar-refractivity contribution in [3.05, 3.63) is 45.7 Å². The zero-order chi connectivity index (χ0) is 32.3. The van der Waals surface area contributed by atoms with Gasteiger partial charge >= 0.3 is 11.9 Å². The van der Waals surface area contributed by atoms with Crippen LogP contribution >= 0.6 is 22.7 Å². The number of ketones is 2. The van der Waals surface area contributed by atoms with E-state index in [4.69, 9.17) is 29.2 Å². The van der Waals surface area contributed by atoms with Crippen LogP contribution < -0.4 is 18.9 Å². The second-order valence-corrected chi connectivity index (χ2v) is 12.1. The lowest BCUT2D eigenvalue weighted by atomic mass is 10.0. The molecule has 0 fully saturated rings. The number of rotatable bonds is 15. The first-order valence-corrected chi connectivity index (χ1v) is 14.9.